The molecule has 11 rings (SSSR count). The van der Waals surface area contributed by atoms with E-state index >= 15 is 0 Å². The number of nitrogens with one attached hydrogen (secondary N) is 1. The van der Waals surface area contributed by atoms with Gasteiger partial charge in [0.05, 0.1) is 5.52 Å². The fraction of sp³-hybridized carbons (Fsp3) is 0. The van der Waals surface area contributed by atoms with Gasteiger partial charge >= 0.3 is 0 Å². The fourth-order valence-corrected chi connectivity index (χ4v) is 8.35. The van der Waals surface area contributed by atoms with E-state index < -0.39 is 0 Å². The second-order valence-electron chi connectivity index (χ2n) is 13.6. The molecule has 1 aliphatic rings. The summed E-state index contributed by atoms with van der Waals surface area (Å²) in [5.74, 6) is 0. The van der Waals surface area contributed by atoms with Crippen LogP contribution >= 0.6 is 0 Å². The predicted molar refractivity (Wildman–Crippen MR) is 219 cm³/mol. The second kappa shape index (κ2) is 11.4. The molecule has 52 heavy (non-hydrogen) atoms. The molecule has 241 valence electrons. The number of benzene rings is 8. The SMILES string of the molecule is [B]1c2cc3oc4ccccc4c3cc2-n2c3ccccc3c3c(-c4ccccc4-c4ccccc4)cc(-c4ccccc4Nc4ccccc4)c1c32. The average molecular weight is 662 g/mol. The van der Waals surface area contributed by atoms with Gasteiger partial charge in [-0.1, -0.05) is 133 Å². The van der Waals surface area contributed by atoms with E-state index in [4.69, 9.17) is 4.42 Å². The van der Waals surface area contributed by atoms with Gasteiger partial charge in [-0.15, -0.1) is 0 Å². The van der Waals surface area contributed by atoms with Crippen LogP contribution in [0.3, 0.4) is 0 Å². The molecule has 8 aromatic carbocycles. The molecule has 10 aromatic rings. The third-order valence-corrected chi connectivity index (χ3v) is 10.6. The fourth-order valence-electron chi connectivity index (χ4n) is 8.35. The Bertz CT molecular complexity index is 3010. The van der Waals surface area contributed by atoms with Crippen molar-refractivity contribution in [3.8, 4) is 39.1 Å². The number of aromatic nitrogens is 1. The topological polar surface area (TPSA) is 30.1 Å². The van der Waals surface area contributed by atoms with Crippen LogP contribution in [0.25, 0.3) is 82.8 Å². The van der Waals surface area contributed by atoms with Crippen molar-refractivity contribution in [1.82, 2.24) is 4.57 Å². The molecule has 0 bridgehead atoms. The minimum absolute atomic E-state index is 0.897. The molecule has 1 N–H and O–H groups in total. The van der Waals surface area contributed by atoms with Crippen molar-refractivity contribution in [2.24, 2.45) is 0 Å². The summed E-state index contributed by atoms with van der Waals surface area (Å²) in [6.07, 6.45) is 0. The Kier molecular flexibility index (Phi) is 6.35. The highest BCUT2D eigenvalue weighted by Crippen LogP contribution is 2.45. The largest absolute Gasteiger partial charge is 0.456 e. The number of nitrogens with zero attached hydrogens (tertiary/aromatic N) is 1. The van der Waals surface area contributed by atoms with Crippen molar-refractivity contribution in [1.29, 1.82) is 0 Å². The van der Waals surface area contributed by atoms with Crippen LogP contribution in [0.1, 0.15) is 0 Å². The smallest absolute Gasteiger partial charge is 0.198 e. The molecular formula is C48H30BN2O. The minimum atomic E-state index is 0.897. The molecule has 0 spiro atoms. The van der Waals surface area contributed by atoms with Gasteiger partial charge in [0.25, 0.3) is 0 Å². The van der Waals surface area contributed by atoms with Crippen molar-refractivity contribution in [3.63, 3.8) is 0 Å². The molecule has 0 saturated carbocycles. The highest BCUT2D eigenvalue weighted by Gasteiger charge is 2.30. The first-order chi connectivity index (χ1) is 25.8. The summed E-state index contributed by atoms with van der Waals surface area (Å²) in [7, 11) is 2.38. The molecule has 0 atom stereocenters. The summed E-state index contributed by atoms with van der Waals surface area (Å²) in [5, 5.41) is 8.49. The summed E-state index contributed by atoms with van der Waals surface area (Å²) in [6.45, 7) is 0. The molecule has 3 heterocycles. The molecule has 4 heteroatoms. The second-order valence-corrected chi connectivity index (χ2v) is 13.6. The molecule has 1 radical (unpaired) electrons. The molecule has 0 fully saturated rings. The van der Waals surface area contributed by atoms with Crippen LogP contribution in [0, 0.1) is 0 Å². The number of hydrogen-bond donors (Lipinski definition) is 1. The van der Waals surface area contributed by atoms with E-state index in [9.17, 15) is 0 Å². The molecular weight excluding hydrogens is 631 g/mol. The van der Waals surface area contributed by atoms with Gasteiger partial charge in [-0.3, -0.25) is 0 Å². The summed E-state index contributed by atoms with van der Waals surface area (Å²) < 4.78 is 8.94. The first-order valence-electron chi connectivity index (χ1n) is 17.8. The first kappa shape index (κ1) is 29.0. The van der Waals surface area contributed by atoms with Crippen LogP contribution in [0.15, 0.2) is 180 Å². The molecule has 2 aromatic heterocycles. The number of anilines is 2. The Morgan fingerprint density at radius 3 is 2.00 bits per heavy atom. The van der Waals surface area contributed by atoms with E-state index in [1.54, 1.807) is 0 Å². The van der Waals surface area contributed by atoms with Crippen molar-refractivity contribution >= 4 is 73.3 Å². The highest BCUT2D eigenvalue weighted by atomic mass is 16.3. The minimum Gasteiger partial charge on any atom is -0.456 e. The normalized spacial score (nSPS) is 12.0. The van der Waals surface area contributed by atoms with Crippen molar-refractivity contribution in [2.45, 2.75) is 0 Å². The third kappa shape index (κ3) is 4.34. The van der Waals surface area contributed by atoms with Crippen molar-refractivity contribution in [2.75, 3.05) is 5.32 Å². The highest BCUT2D eigenvalue weighted by molar-refractivity contribution is 6.74. The molecule has 0 unspecified atom stereocenters. The number of furan rings is 1. The van der Waals surface area contributed by atoms with E-state index in [2.05, 4.69) is 187 Å². The van der Waals surface area contributed by atoms with Crippen LogP contribution in [-0.2, 0) is 0 Å². The van der Waals surface area contributed by atoms with Gasteiger partial charge in [0, 0.05) is 49.7 Å². The van der Waals surface area contributed by atoms with Crippen LogP contribution in [0.2, 0.25) is 0 Å². The van der Waals surface area contributed by atoms with Gasteiger partial charge in [0.2, 0.25) is 0 Å². The van der Waals surface area contributed by atoms with Crippen molar-refractivity contribution in [3.05, 3.63) is 176 Å². The zero-order valence-electron chi connectivity index (χ0n) is 28.2. The van der Waals surface area contributed by atoms with E-state index in [1.165, 1.54) is 55.1 Å². The number of hydrogen-bond acceptors (Lipinski definition) is 2. The lowest BCUT2D eigenvalue weighted by atomic mass is 9.58. The van der Waals surface area contributed by atoms with Crippen LogP contribution < -0.4 is 16.2 Å². The molecule has 0 aliphatic carbocycles. The predicted octanol–water partition coefficient (Wildman–Crippen LogP) is 11.4. The van der Waals surface area contributed by atoms with Crippen LogP contribution in [-0.4, -0.2) is 11.8 Å². The standard InChI is InChI=1S/C48H30BN2O/c1-3-15-30(16-4-1)32-19-7-8-20-33(32)38-27-39(34-21-9-12-24-41(34)50-31-17-5-2-6-18-31)47-48-46(38)36-23-10-13-25-42(36)51(48)43-28-37-35-22-11-14-26-44(35)52-45(37)29-40(43)49-47/h1-29,50H. The van der Waals surface area contributed by atoms with Crippen LogP contribution in [0.5, 0.6) is 0 Å². The van der Waals surface area contributed by atoms with E-state index in [0.717, 1.165) is 50.0 Å². The van der Waals surface area contributed by atoms with E-state index in [-0.39, 0.29) is 0 Å². The van der Waals surface area contributed by atoms with Gasteiger partial charge in [-0.25, -0.2) is 0 Å². The van der Waals surface area contributed by atoms with E-state index in [0.29, 0.717) is 0 Å². The Labute approximate surface area is 301 Å². The molecule has 0 amide bonds. The Balaban J connectivity index is 1.28. The van der Waals surface area contributed by atoms with Crippen LogP contribution in [0.4, 0.5) is 11.4 Å². The molecule has 1 aliphatic heterocycles. The quantitative estimate of drug-likeness (QED) is 0.186. The Morgan fingerprint density at radius 1 is 0.481 bits per heavy atom. The lowest BCUT2D eigenvalue weighted by Gasteiger charge is -2.25. The Hall–Kier alpha value is -6.78. The van der Waals surface area contributed by atoms with Gasteiger partial charge in [0.15, 0.2) is 7.28 Å². The van der Waals surface area contributed by atoms with Gasteiger partial charge in [-0.05, 0) is 81.8 Å². The number of fused-ring (bicyclic) bond motifs is 8. The van der Waals surface area contributed by atoms with Gasteiger partial charge < -0.3 is 14.3 Å². The maximum atomic E-state index is 6.44. The number of para-hydroxylation sites is 4. The average Bonchev–Trinajstić information content (AvgIpc) is 3.75. The van der Waals surface area contributed by atoms with E-state index in [1.807, 2.05) is 6.07 Å². The Morgan fingerprint density at radius 2 is 1.15 bits per heavy atom. The summed E-state index contributed by atoms with van der Waals surface area (Å²) in [6, 6.07) is 62.9. The summed E-state index contributed by atoms with van der Waals surface area (Å²) >= 11 is 0. The monoisotopic (exact) mass is 661 g/mol. The summed E-state index contributed by atoms with van der Waals surface area (Å²) in [5.41, 5.74) is 16.9. The zero-order valence-corrected chi connectivity index (χ0v) is 28.2. The zero-order chi connectivity index (χ0) is 34.2. The molecule has 0 saturated heterocycles. The third-order valence-electron chi connectivity index (χ3n) is 10.6. The summed E-state index contributed by atoms with van der Waals surface area (Å²) in [4.78, 5) is 0. The van der Waals surface area contributed by atoms with Gasteiger partial charge in [-0.2, -0.15) is 0 Å². The van der Waals surface area contributed by atoms with Crippen molar-refractivity contribution < 1.29 is 4.42 Å². The maximum Gasteiger partial charge on any atom is 0.198 e. The lowest BCUT2D eigenvalue weighted by molar-refractivity contribution is 0.669. The molecule has 3 nitrogen and oxygen atoms in total. The first-order valence-corrected chi connectivity index (χ1v) is 17.8. The van der Waals surface area contributed by atoms with Gasteiger partial charge in [0.1, 0.15) is 11.2 Å². The number of rotatable bonds is 5. The maximum absolute atomic E-state index is 6.44. The lowest BCUT2D eigenvalue weighted by Crippen LogP contribution is -2.37.